The van der Waals surface area contributed by atoms with Crippen molar-refractivity contribution in [1.82, 2.24) is 10.1 Å². The molecule has 2 aromatic rings. The van der Waals surface area contributed by atoms with Crippen LogP contribution in [0, 0.1) is 13.8 Å². The van der Waals surface area contributed by atoms with Gasteiger partial charge in [0.25, 0.3) is 0 Å². The lowest BCUT2D eigenvalue weighted by atomic mass is 10.0. The molecule has 1 aromatic carbocycles. The highest BCUT2D eigenvalue weighted by Crippen LogP contribution is 2.38. The van der Waals surface area contributed by atoms with Crippen LogP contribution in [0.3, 0.4) is 0 Å². The van der Waals surface area contributed by atoms with E-state index in [9.17, 15) is 4.79 Å². The first kappa shape index (κ1) is 18.2. The van der Waals surface area contributed by atoms with Gasteiger partial charge in [0.1, 0.15) is 19.0 Å². The van der Waals surface area contributed by atoms with E-state index in [2.05, 4.69) is 11.2 Å². The first-order valence-corrected chi connectivity index (χ1v) is 10.5. The second-order valence-electron chi connectivity index (χ2n) is 6.94. The minimum atomic E-state index is 0.119. The van der Waals surface area contributed by atoms with Crippen LogP contribution >= 0.6 is 11.8 Å². The van der Waals surface area contributed by atoms with Crippen molar-refractivity contribution in [2.24, 2.45) is 0 Å². The summed E-state index contributed by atoms with van der Waals surface area (Å²) in [5.41, 5.74) is 3.13. The first-order valence-electron chi connectivity index (χ1n) is 9.32. The third-order valence-corrected chi connectivity index (χ3v) is 6.12. The molecular formula is C20H24N2O4S. The highest BCUT2D eigenvalue weighted by molar-refractivity contribution is 7.99. The van der Waals surface area contributed by atoms with Gasteiger partial charge in [0.15, 0.2) is 11.5 Å². The Morgan fingerprint density at radius 3 is 2.85 bits per heavy atom. The molecule has 1 atom stereocenters. The highest BCUT2D eigenvalue weighted by Gasteiger charge is 2.30. The van der Waals surface area contributed by atoms with Gasteiger partial charge in [-0.25, -0.2) is 0 Å². The number of nitrogens with zero attached hydrogens (tertiary/aromatic N) is 2. The number of ether oxygens (including phenoxy) is 2. The zero-order valence-corrected chi connectivity index (χ0v) is 16.5. The van der Waals surface area contributed by atoms with Crippen LogP contribution in [0.1, 0.15) is 41.5 Å². The Hall–Kier alpha value is -2.15. The normalized spacial score (nSPS) is 18.7. The SMILES string of the molecule is Cc1noc(C)c1CSCC(=O)N1CCCC1c1ccc2c(c1)OCCO2. The van der Waals surface area contributed by atoms with E-state index in [0.29, 0.717) is 19.0 Å². The van der Waals surface area contributed by atoms with Crippen molar-refractivity contribution in [3.8, 4) is 11.5 Å². The van der Waals surface area contributed by atoms with Crippen molar-refractivity contribution in [1.29, 1.82) is 0 Å². The molecular weight excluding hydrogens is 364 g/mol. The van der Waals surface area contributed by atoms with Crippen LogP contribution in [0.2, 0.25) is 0 Å². The van der Waals surface area contributed by atoms with Gasteiger partial charge < -0.3 is 18.9 Å². The molecule has 0 spiro atoms. The van der Waals surface area contributed by atoms with E-state index in [-0.39, 0.29) is 11.9 Å². The number of carbonyl (C=O) groups excluding carboxylic acids is 1. The minimum Gasteiger partial charge on any atom is -0.486 e. The van der Waals surface area contributed by atoms with Gasteiger partial charge in [-0.15, -0.1) is 11.8 Å². The lowest BCUT2D eigenvalue weighted by Crippen LogP contribution is -2.32. The van der Waals surface area contributed by atoms with Gasteiger partial charge >= 0.3 is 0 Å². The van der Waals surface area contributed by atoms with Crippen molar-refractivity contribution >= 4 is 17.7 Å². The standard InChI is InChI=1S/C20H24N2O4S/c1-13-16(14(2)26-21-13)11-27-12-20(23)22-7-3-4-17(22)15-5-6-18-19(10-15)25-9-8-24-18/h5-6,10,17H,3-4,7-9,11-12H2,1-2H3. The molecule has 1 amide bonds. The molecule has 4 rings (SSSR count). The third-order valence-electron chi connectivity index (χ3n) is 5.18. The number of amides is 1. The fourth-order valence-corrected chi connectivity index (χ4v) is 4.77. The summed E-state index contributed by atoms with van der Waals surface area (Å²) in [7, 11) is 0. The maximum atomic E-state index is 12.8. The van der Waals surface area contributed by atoms with Gasteiger partial charge in [-0.3, -0.25) is 4.79 Å². The molecule has 0 aliphatic carbocycles. The summed E-state index contributed by atoms with van der Waals surface area (Å²) in [6.45, 7) is 5.82. The van der Waals surface area contributed by atoms with Gasteiger partial charge in [-0.2, -0.15) is 0 Å². The van der Waals surface area contributed by atoms with Gasteiger partial charge in [-0.1, -0.05) is 11.2 Å². The van der Waals surface area contributed by atoms with Gasteiger partial charge in [0, 0.05) is 17.9 Å². The summed E-state index contributed by atoms with van der Waals surface area (Å²) in [6.07, 6.45) is 2.01. The highest BCUT2D eigenvalue weighted by atomic mass is 32.2. The van der Waals surface area contributed by atoms with Crippen molar-refractivity contribution in [2.75, 3.05) is 25.5 Å². The maximum absolute atomic E-state index is 12.8. The number of likely N-dealkylation sites (tertiary alicyclic amines) is 1. The van der Waals surface area contributed by atoms with E-state index in [0.717, 1.165) is 59.2 Å². The number of hydrogen-bond donors (Lipinski definition) is 0. The fraction of sp³-hybridized carbons (Fsp3) is 0.500. The molecule has 0 saturated carbocycles. The third kappa shape index (κ3) is 3.78. The lowest BCUT2D eigenvalue weighted by Gasteiger charge is -2.26. The summed E-state index contributed by atoms with van der Waals surface area (Å²) >= 11 is 1.62. The Bertz CT molecular complexity index is 816. The quantitative estimate of drug-likeness (QED) is 0.779. The Kier molecular flexibility index (Phi) is 5.29. The average Bonchev–Trinajstić information content (AvgIpc) is 3.29. The molecule has 1 unspecified atom stereocenters. The number of hydrogen-bond acceptors (Lipinski definition) is 6. The van der Waals surface area contributed by atoms with E-state index in [1.54, 1.807) is 11.8 Å². The van der Waals surface area contributed by atoms with Gasteiger partial charge in [0.05, 0.1) is 17.5 Å². The maximum Gasteiger partial charge on any atom is 0.233 e. The number of aromatic nitrogens is 1. The van der Waals surface area contributed by atoms with E-state index in [1.807, 2.05) is 30.9 Å². The zero-order chi connectivity index (χ0) is 18.8. The average molecular weight is 388 g/mol. The Morgan fingerprint density at radius 2 is 2.07 bits per heavy atom. The van der Waals surface area contributed by atoms with E-state index >= 15 is 0 Å². The van der Waals surface area contributed by atoms with Crippen molar-refractivity contribution in [2.45, 2.75) is 38.5 Å². The van der Waals surface area contributed by atoms with Crippen LogP contribution in [0.4, 0.5) is 0 Å². The molecule has 0 N–H and O–H groups in total. The predicted molar refractivity (Wildman–Crippen MR) is 103 cm³/mol. The first-order chi connectivity index (χ1) is 13.1. The van der Waals surface area contributed by atoms with Crippen LogP contribution in [-0.2, 0) is 10.5 Å². The van der Waals surface area contributed by atoms with Crippen molar-refractivity contribution in [3.05, 3.63) is 40.8 Å². The molecule has 1 fully saturated rings. The second-order valence-corrected chi connectivity index (χ2v) is 7.93. The van der Waals surface area contributed by atoms with Crippen molar-refractivity contribution in [3.63, 3.8) is 0 Å². The number of thioether (sulfide) groups is 1. The molecule has 144 valence electrons. The molecule has 0 radical (unpaired) electrons. The van der Waals surface area contributed by atoms with Gasteiger partial charge in [-0.05, 0) is 44.4 Å². The van der Waals surface area contributed by atoms with E-state index in [1.165, 1.54) is 0 Å². The second kappa shape index (κ2) is 7.84. The lowest BCUT2D eigenvalue weighted by molar-refractivity contribution is -0.129. The van der Waals surface area contributed by atoms with Crippen LogP contribution in [0.5, 0.6) is 11.5 Å². The summed E-state index contributed by atoms with van der Waals surface area (Å²) in [5.74, 6) is 3.80. The zero-order valence-electron chi connectivity index (χ0n) is 15.7. The smallest absolute Gasteiger partial charge is 0.233 e. The predicted octanol–water partition coefficient (Wildman–Crippen LogP) is 3.66. The summed E-state index contributed by atoms with van der Waals surface area (Å²) in [5, 5.41) is 3.97. The Balaban J connectivity index is 1.39. The fourth-order valence-electron chi connectivity index (χ4n) is 3.71. The minimum absolute atomic E-state index is 0.119. The summed E-state index contributed by atoms with van der Waals surface area (Å²) in [6, 6.07) is 6.16. The molecule has 6 nitrogen and oxygen atoms in total. The van der Waals surface area contributed by atoms with Gasteiger partial charge in [0.2, 0.25) is 5.91 Å². The number of benzene rings is 1. The number of rotatable bonds is 5. The number of aryl methyl sites for hydroxylation is 2. The molecule has 1 saturated heterocycles. The Morgan fingerprint density at radius 1 is 1.26 bits per heavy atom. The molecule has 2 aliphatic heterocycles. The summed E-state index contributed by atoms with van der Waals surface area (Å²) < 4.78 is 16.5. The van der Waals surface area contributed by atoms with E-state index < -0.39 is 0 Å². The van der Waals surface area contributed by atoms with Crippen LogP contribution in [0.15, 0.2) is 22.7 Å². The Labute approximate surface area is 163 Å². The van der Waals surface area contributed by atoms with Crippen LogP contribution in [-0.4, -0.2) is 41.5 Å². The number of fused-ring (bicyclic) bond motifs is 1. The summed E-state index contributed by atoms with van der Waals surface area (Å²) in [4.78, 5) is 14.8. The molecule has 2 aliphatic rings. The number of carbonyl (C=O) groups is 1. The van der Waals surface area contributed by atoms with Crippen molar-refractivity contribution < 1.29 is 18.8 Å². The molecule has 3 heterocycles. The van der Waals surface area contributed by atoms with E-state index in [4.69, 9.17) is 14.0 Å². The monoisotopic (exact) mass is 388 g/mol. The topological polar surface area (TPSA) is 64.8 Å². The van der Waals surface area contributed by atoms with Crippen LogP contribution < -0.4 is 9.47 Å². The van der Waals surface area contributed by atoms with Crippen LogP contribution in [0.25, 0.3) is 0 Å². The largest absolute Gasteiger partial charge is 0.486 e. The molecule has 27 heavy (non-hydrogen) atoms. The molecule has 0 bridgehead atoms. The molecule has 1 aromatic heterocycles. The molecule has 7 heteroatoms.